The Labute approximate surface area is 145 Å². The molecule has 0 heterocycles. The third kappa shape index (κ3) is 4.60. The molecule has 1 amide bonds. The number of amides is 1. The Morgan fingerprint density at radius 3 is 2.50 bits per heavy atom. The molecule has 0 fully saturated rings. The number of carbonyl (C=O) groups excluding carboxylic acids is 1. The van der Waals surface area contributed by atoms with Crippen LogP contribution in [0.4, 0.5) is 11.4 Å². The molecule has 0 aliphatic rings. The summed E-state index contributed by atoms with van der Waals surface area (Å²) in [6.45, 7) is 3.67. The predicted octanol–water partition coefficient (Wildman–Crippen LogP) is 3.27. The average Bonchev–Trinajstić information content (AvgIpc) is 2.51. The van der Waals surface area contributed by atoms with E-state index < -0.39 is 4.92 Å². The molecule has 0 aromatic heterocycles. The van der Waals surface area contributed by atoms with E-state index in [1.54, 1.807) is 13.0 Å². The molecule has 0 saturated heterocycles. The zero-order valence-electron chi connectivity index (χ0n) is 13.3. The maximum absolute atomic E-state index is 12.1. The van der Waals surface area contributed by atoms with Crippen molar-refractivity contribution in [3.8, 4) is 0 Å². The van der Waals surface area contributed by atoms with E-state index in [0.717, 1.165) is 11.1 Å². The zero-order chi connectivity index (χ0) is 17.7. The van der Waals surface area contributed by atoms with Gasteiger partial charge in [-0.05, 0) is 48.8 Å². The maximum atomic E-state index is 12.1. The molecule has 2 rings (SSSR count). The van der Waals surface area contributed by atoms with Crippen molar-refractivity contribution in [1.29, 1.82) is 0 Å². The Morgan fingerprint density at radius 1 is 1.17 bits per heavy atom. The first-order valence-corrected chi connectivity index (χ1v) is 7.68. The van der Waals surface area contributed by atoms with Crippen LogP contribution in [-0.2, 0) is 11.2 Å². The number of hydrogen-bond donors (Lipinski definition) is 2. The second kappa shape index (κ2) is 7.65. The lowest BCUT2D eigenvalue weighted by atomic mass is 10.1. The van der Waals surface area contributed by atoms with E-state index in [4.69, 9.17) is 12.2 Å². The monoisotopic (exact) mass is 343 g/mol. The van der Waals surface area contributed by atoms with Gasteiger partial charge >= 0.3 is 0 Å². The molecule has 2 aromatic rings. The van der Waals surface area contributed by atoms with Crippen LogP contribution in [0, 0.1) is 24.0 Å². The van der Waals surface area contributed by atoms with E-state index in [1.807, 2.05) is 31.2 Å². The zero-order valence-corrected chi connectivity index (χ0v) is 14.1. The number of nitro benzene ring substituents is 1. The van der Waals surface area contributed by atoms with E-state index in [9.17, 15) is 14.9 Å². The van der Waals surface area contributed by atoms with Crippen molar-refractivity contribution in [1.82, 2.24) is 5.32 Å². The van der Waals surface area contributed by atoms with Crippen molar-refractivity contribution in [3.05, 3.63) is 69.3 Å². The number of rotatable bonds is 4. The number of hydrogen-bond acceptors (Lipinski definition) is 4. The van der Waals surface area contributed by atoms with Gasteiger partial charge in [-0.1, -0.05) is 24.3 Å². The minimum Gasteiger partial charge on any atom is -0.332 e. The van der Waals surface area contributed by atoms with Crippen LogP contribution in [0.25, 0.3) is 0 Å². The van der Waals surface area contributed by atoms with Crippen molar-refractivity contribution < 1.29 is 9.72 Å². The van der Waals surface area contributed by atoms with Crippen molar-refractivity contribution in [2.75, 3.05) is 5.32 Å². The Hall–Kier alpha value is -2.80. The number of aryl methyl sites for hydroxylation is 2. The number of nitro groups is 1. The molecule has 0 radical (unpaired) electrons. The quantitative estimate of drug-likeness (QED) is 0.506. The van der Waals surface area contributed by atoms with Gasteiger partial charge in [-0.15, -0.1) is 0 Å². The van der Waals surface area contributed by atoms with Crippen LogP contribution in [-0.4, -0.2) is 15.9 Å². The Bertz CT molecular complexity index is 805. The fraction of sp³-hybridized carbons (Fsp3) is 0.176. The second-order valence-corrected chi connectivity index (χ2v) is 5.77. The minimum atomic E-state index is -0.459. The molecule has 0 aliphatic heterocycles. The molecular formula is C17H17N3O3S. The third-order valence-electron chi connectivity index (χ3n) is 3.53. The first-order chi connectivity index (χ1) is 11.4. The van der Waals surface area contributed by atoms with E-state index in [2.05, 4.69) is 10.6 Å². The van der Waals surface area contributed by atoms with Crippen LogP contribution < -0.4 is 10.6 Å². The molecule has 2 aromatic carbocycles. The number of thiocarbonyl (C=S) groups is 1. The fourth-order valence-electron chi connectivity index (χ4n) is 2.21. The highest BCUT2D eigenvalue weighted by Gasteiger charge is 2.11. The molecule has 2 N–H and O–H groups in total. The van der Waals surface area contributed by atoms with E-state index in [1.165, 1.54) is 12.1 Å². The molecule has 0 atom stereocenters. The lowest BCUT2D eigenvalue weighted by Crippen LogP contribution is -2.35. The van der Waals surface area contributed by atoms with Gasteiger partial charge in [0.2, 0.25) is 5.91 Å². The summed E-state index contributed by atoms with van der Waals surface area (Å²) in [6.07, 6.45) is 0.230. The average molecular weight is 343 g/mol. The highest BCUT2D eigenvalue weighted by molar-refractivity contribution is 7.80. The highest BCUT2D eigenvalue weighted by atomic mass is 32.1. The van der Waals surface area contributed by atoms with E-state index >= 15 is 0 Å². The van der Waals surface area contributed by atoms with Gasteiger partial charge in [0.05, 0.1) is 11.3 Å². The number of benzene rings is 2. The Balaban J connectivity index is 1.97. The molecule has 0 saturated carbocycles. The minimum absolute atomic E-state index is 0.00700. The largest absolute Gasteiger partial charge is 0.332 e. The van der Waals surface area contributed by atoms with E-state index in [0.29, 0.717) is 11.3 Å². The summed E-state index contributed by atoms with van der Waals surface area (Å²) < 4.78 is 0. The van der Waals surface area contributed by atoms with Gasteiger partial charge in [0, 0.05) is 17.8 Å². The van der Waals surface area contributed by atoms with Crippen molar-refractivity contribution in [3.63, 3.8) is 0 Å². The maximum Gasteiger partial charge on any atom is 0.269 e. The van der Waals surface area contributed by atoms with Gasteiger partial charge < -0.3 is 10.6 Å². The first kappa shape index (κ1) is 17.6. The lowest BCUT2D eigenvalue weighted by Gasteiger charge is -2.12. The van der Waals surface area contributed by atoms with Gasteiger partial charge in [0.25, 0.3) is 5.69 Å². The smallest absolute Gasteiger partial charge is 0.269 e. The van der Waals surface area contributed by atoms with Crippen LogP contribution >= 0.6 is 12.2 Å². The molecule has 7 heteroatoms. The summed E-state index contributed by atoms with van der Waals surface area (Å²) in [5.74, 6) is -0.221. The number of anilines is 1. The van der Waals surface area contributed by atoms with Crippen molar-refractivity contribution in [2.24, 2.45) is 0 Å². The van der Waals surface area contributed by atoms with Gasteiger partial charge in [0.15, 0.2) is 5.11 Å². The SMILES string of the molecule is Cc1ccccc1CC(=O)NC(=S)Nc1ccc([N+](=O)[O-])cc1C. The van der Waals surface area contributed by atoms with Crippen molar-refractivity contribution >= 4 is 34.6 Å². The van der Waals surface area contributed by atoms with Gasteiger partial charge in [-0.3, -0.25) is 14.9 Å². The van der Waals surface area contributed by atoms with Crippen molar-refractivity contribution in [2.45, 2.75) is 20.3 Å². The van der Waals surface area contributed by atoms with E-state index in [-0.39, 0.29) is 23.1 Å². The molecule has 0 bridgehead atoms. The molecule has 6 nitrogen and oxygen atoms in total. The highest BCUT2D eigenvalue weighted by Crippen LogP contribution is 2.21. The summed E-state index contributed by atoms with van der Waals surface area (Å²) >= 11 is 5.13. The fourth-order valence-corrected chi connectivity index (χ4v) is 2.43. The number of nitrogens with one attached hydrogen (secondary N) is 2. The molecule has 124 valence electrons. The Morgan fingerprint density at radius 2 is 1.88 bits per heavy atom. The summed E-state index contributed by atoms with van der Waals surface area (Å²) in [5, 5.41) is 16.4. The standard InChI is InChI=1S/C17H17N3O3S/c1-11-5-3-4-6-13(11)10-16(21)19-17(24)18-15-8-7-14(20(22)23)9-12(15)2/h3-9H,10H2,1-2H3,(H2,18,19,21,24). The number of nitrogens with zero attached hydrogens (tertiary/aromatic N) is 1. The molecule has 24 heavy (non-hydrogen) atoms. The van der Waals surface area contributed by atoms with Crippen LogP contribution in [0.2, 0.25) is 0 Å². The number of carbonyl (C=O) groups is 1. The van der Waals surface area contributed by atoms with Gasteiger partial charge in [0.1, 0.15) is 0 Å². The molecule has 0 unspecified atom stereocenters. The molecular weight excluding hydrogens is 326 g/mol. The van der Waals surface area contributed by atoms with Crippen LogP contribution in [0.1, 0.15) is 16.7 Å². The summed E-state index contributed by atoms with van der Waals surface area (Å²) in [7, 11) is 0. The molecule has 0 aliphatic carbocycles. The van der Waals surface area contributed by atoms with Gasteiger partial charge in [-0.2, -0.15) is 0 Å². The molecule has 0 spiro atoms. The van der Waals surface area contributed by atoms with Crippen LogP contribution in [0.15, 0.2) is 42.5 Å². The topological polar surface area (TPSA) is 84.3 Å². The lowest BCUT2D eigenvalue weighted by molar-refractivity contribution is -0.384. The van der Waals surface area contributed by atoms with Gasteiger partial charge in [-0.25, -0.2) is 0 Å². The number of non-ortho nitro benzene ring substituents is 1. The second-order valence-electron chi connectivity index (χ2n) is 5.36. The normalized spacial score (nSPS) is 10.1. The van der Waals surface area contributed by atoms with Crippen LogP contribution in [0.3, 0.4) is 0 Å². The summed E-state index contributed by atoms with van der Waals surface area (Å²) in [5.41, 5.74) is 3.26. The third-order valence-corrected chi connectivity index (χ3v) is 3.74. The van der Waals surface area contributed by atoms with Crippen LogP contribution in [0.5, 0.6) is 0 Å². The first-order valence-electron chi connectivity index (χ1n) is 7.27. The predicted molar refractivity (Wildman–Crippen MR) is 97.1 cm³/mol. The summed E-state index contributed by atoms with van der Waals surface area (Å²) in [6, 6.07) is 12.0. The summed E-state index contributed by atoms with van der Waals surface area (Å²) in [4.78, 5) is 22.3. The Kier molecular flexibility index (Phi) is 5.59.